The molecule has 21 heavy (non-hydrogen) atoms. The Kier molecular flexibility index (Phi) is 4.23. The molecule has 1 aliphatic rings. The van der Waals surface area contributed by atoms with Crippen molar-refractivity contribution in [3.8, 4) is 0 Å². The summed E-state index contributed by atoms with van der Waals surface area (Å²) in [6, 6.07) is 15.9. The van der Waals surface area contributed by atoms with E-state index < -0.39 is 0 Å². The SMILES string of the molecule is COCc1cccc(/C=C2\CSc3ccccc3C2=O)c1. The number of hydrogen-bond acceptors (Lipinski definition) is 3. The van der Waals surface area contributed by atoms with Gasteiger partial charge in [-0.2, -0.15) is 0 Å². The van der Waals surface area contributed by atoms with Crippen LogP contribution in [0.5, 0.6) is 0 Å². The van der Waals surface area contributed by atoms with Crippen molar-refractivity contribution in [2.75, 3.05) is 12.9 Å². The minimum atomic E-state index is 0.140. The molecule has 0 saturated heterocycles. The quantitative estimate of drug-likeness (QED) is 0.794. The van der Waals surface area contributed by atoms with E-state index >= 15 is 0 Å². The smallest absolute Gasteiger partial charge is 0.191 e. The number of rotatable bonds is 3. The molecule has 0 unspecified atom stereocenters. The van der Waals surface area contributed by atoms with Gasteiger partial charge in [0.1, 0.15) is 0 Å². The number of carbonyl (C=O) groups excluding carboxylic acids is 1. The standard InChI is InChI=1S/C18H16O2S/c1-20-11-14-6-4-5-13(9-14)10-15-12-21-17-8-3-2-7-16(17)18(15)19/h2-10H,11-12H2,1H3/b15-10+. The van der Waals surface area contributed by atoms with Crippen molar-refractivity contribution in [1.82, 2.24) is 0 Å². The number of benzene rings is 2. The molecule has 0 saturated carbocycles. The predicted molar refractivity (Wildman–Crippen MR) is 86.6 cm³/mol. The van der Waals surface area contributed by atoms with E-state index in [0.717, 1.165) is 32.9 Å². The first-order chi connectivity index (χ1) is 10.3. The molecule has 0 aliphatic carbocycles. The van der Waals surface area contributed by atoms with Crippen LogP contribution in [-0.4, -0.2) is 18.6 Å². The topological polar surface area (TPSA) is 26.3 Å². The molecule has 0 fully saturated rings. The summed E-state index contributed by atoms with van der Waals surface area (Å²) in [7, 11) is 1.68. The lowest BCUT2D eigenvalue weighted by molar-refractivity contribution is 0.103. The van der Waals surface area contributed by atoms with E-state index in [0.29, 0.717) is 6.61 Å². The molecule has 1 aliphatic heterocycles. The fraction of sp³-hybridized carbons (Fsp3) is 0.167. The monoisotopic (exact) mass is 296 g/mol. The molecule has 3 rings (SSSR count). The van der Waals surface area contributed by atoms with Crippen LogP contribution in [-0.2, 0) is 11.3 Å². The summed E-state index contributed by atoms with van der Waals surface area (Å²) < 4.78 is 5.15. The van der Waals surface area contributed by atoms with E-state index in [1.165, 1.54) is 0 Å². The Morgan fingerprint density at radius 1 is 1.19 bits per heavy atom. The fourth-order valence-electron chi connectivity index (χ4n) is 2.42. The first-order valence-corrected chi connectivity index (χ1v) is 7.81. The lowest BCUT2D eigenvalue weighted by atomic mass is 10.0. The molecule has 1 heterocycles. The summed E-state index contributed by atoms with van der Waals surface area (Å²) in [4.78, 5) is 13.6. The van der Waals surface area contributed by atoms with Crippen LogP contribution >= 0.6 is 11.8 Å². The maximum atomic E-state index is 12.5. The molecular formula is C18H16O2S. The van der Waals surface area contributed by atoms with Crippen molar-refractivity contribution in [1.29, 1.82) is 0 Å². The normalized spacial score (nSPS) is 16.0. The van der Waals surface area contributed by atoms with E-state index in [1.807, 2.05) is 48.5 Å². The van der Waals surface area contributed by atoms with Gasteiger partial charge >= 0.3 is 0 Å². The lowest BCUT2D eigenvalue weighted by Crippen LogP contribution is -2.12. The van der Waals surface area contributed by atoms with Crippen LogP contribution in [0.25, 0.3) is 6.08 Å². The van der Waals surface area contributed by atoms with Crippen molar-refractivity contribution in [2.45, 2.75) is 11.5 Å². The summed E-state index contributed by atoms with van der Waals surface area (Å²) in [5, 5.41) is 0. The number of fused-ring (bicyclic) bond motifs is 1. The average molecular weight is 296 g/mol. The minimum Gasteiger partial charge on any atom is -0.380 e. The lowest BCUT2D eigenvalue weighted by Gasteiger charge is -2.16. The zero-order chi connectivity index (χ0) is 14.7. The van der Waals surface area contributed by atoms with Gasteiger partial charge in [-0.25, -0.2) is 0 Å². The average Bonchev–Trinajstić information content (AvgIpc) is 2.51. The number of hydrogen-bond donors (Lipinski definition) is 0. The summed E-state index contributed by atoms with van der Waals surface area (Å²) in [6.45, 7) is 0.586. The molecule has 0 bridgehead atoms. The highest BCUT2D eigenvalue weighted by atomic mass is 32.2. The van der Waals surface area contributed by atoms with Gasteiger partial charge in [-0.05, 0) is 35.4 Å². The zero-order valence-corrected chi connectivity index (χ0v) is 12.7. The van der Waals surface area contributed by atoms with Crippen LogP contribution in [0.15, 0.2) is 59.0 Å². The maximum absolute atomic E-state index is 12.5. The molecule has 106 valence electrons. The molecular weight excluding hydrogens is 280 g/mol. The van der Waals surface area contributed by atoms with E-state index in [-0.39, 0.29) is 5.78 Å². The first-order valence-electron chi connectivity index (χ1n) is 6.83. The van der Waals surface area contributed by atoms with Gasteiger partial charge in [0.05, 0.1) is 6.61 Å². The number of ketones is 1. The van der Waals surface area contributed by atoms with Gasteiger partial charge in [0, 0.05) is 28.9 Å². The summed E-state index contributed by atoms with van der Waals surface area (Å²) in [6.07, 6.45) is 1.99. The minimum absolute atomic E-state index is 0.140. The highest BCUT2D eigenvalue weighted by Crippen LogP contribution is 2.33. The molecule has 2 aromatic rings. The van der Waals surface area contributed by atoms with Crippen LogP contribution in [0.4, 0.5) is 0 Å². The molecule has 2 aromatic carbocycles. The number of Topliss-reactive ketones (excluding diaryl/α,β-unsaturated/α-hetero) is 1. The van der Waals surface area contributed by atoms with Crippen LogP contribution in [0.2, 0.25) is 0 Å². The number of carbonyl (C=O) groups is 1. The van der Waals surface area contributed by atoms with Crippen molar-refractivity contribution in [3.05, 3.63) is 70.8 Å². The van der Waals surface area contributed by atoms with Gasteiger partial charge in [-0.15, -0.1) is 11.8 Å². The highest BCUT2D eigenvalue weighted by molar-refractivity contribution is 7.99. The summed E-state index contributed by atoms with van der Waals surface area (Å²) in [5.74, 6) is 0.867. The second-order valence-electron chi connectivity index (χ2n) is 4.96. The molecule has 0 radical (unpaired) electrons. The highest BCUT2D eigenvalue weighted by Gasteiger charge is 2.21. The molecule has 2 nitrogen and oxygen atoms in total. The van der Waals surface area contributed by atoms with Gasteiger partial charge < -0.3 is 4.74 Å². The Morgan fingerprint density at radius 3 is 2.90 bits per heavy atom. The number of ether oxygens (including phenoxy) is 1. The van der Waals surface area contributed by atoms with Gasteiger partial charge in [0.2, 0.25) is 0 Å². The Labute approximate surface area is 128 Å². The number of thioether (sulfide) groups is 1. The second-order valence-corrected chi connectivity index (χ2v) is 5.98. The van der Waals surface area contributed by atoms with Crippen molar-refractivity contribution >= 4 is 23.6 Å². The largest absolute Gasteiger partial charge is 0.380 e. The van der Waals surface area contributed by atoms with Gasteiger partial charge in [0.25, 0.3) is 0 Å². The van der Waals surface area contributed by atoms with Crippen LogP contribution in [0, 0.1) is 0 Å². The fourth-order valence-corrected chi connectivity index (χ4v) is 3.44. The van der Waals surface area contributed by atoms with Crippen LogP contribution in [0.1, 0.15) is 21.5 Å². The third kappa shape index (κ3) is 3.09. The first kappa shape index (κ1) is 14.1. The molecule has 0 aromatic heterocycles. The molecule has 0 spiro atoms. The Bertz CT molecular complexity index is 704. The van der Waals surface area contributed by atoms with Crippen LogP contribution in [0.3, 0.4) is 0 Å². The van der Waals surface area contributed by atoms with Crippen molar-refractivity contribution < 1.29 is 9.53 Å². The second kappa shape index (κ2) is 6.29. The van der Waals surface area contributed by atoms with Gasteiger partial charge in [-0.1, -0.05) is 30.3 Å². The summed E-state index contributed by atoms with van der Waals surface area (Å²) >= 11 is 1.72. The Balaban J connectivity index is 1.91. The Hall–Kier alpha value is -1.84. The molecule has 3 heteroatoms. The van der Waals surface area contributed by atoms with Gasteiger partial charge in [-0.3, -0.25) is 4.79 Å². The zero-order valence-electron chi connectivity index (χ0n) is 11.8. The van der Waals surface area contributed by atoms with Crippen molar-refractivity contribution in [2.24, 2.45) is 0 Å². The molecule has 0 atom stereocenters. The summed E-state index contributed by atoms with van der Waals surface area (Å²) in [5.41, 5.74) is 3.83. The van der Waals surface area contributed by atoms with E-state index in [9.17, 15) is 4.79 Å². The van der Waals surface area contributed by atoms with E-state index in [4.69, 9.17) is 4.74 Å². The van der Waals surface area contributed by atoms with Crippen LogP contribution < -0.4 is 0 Å². The van der Waals surface area contributed by atoms with Crippen molar-refractivity contribution in [3.63, 3.8) is 0 Å². The van der Waals surface area contributed by atoms with E-state index in [2.05, 4.69) is 6.07 Å². The third-order valence-corrected chi connectivity index (χ3v) is 4.53. The van der Waals surface area contributed by atoms with Gasteiger partial charge in [0.15, 0.2) is 5.78 Å². The Morgan fingerprint density at radius 2 is 2.05 bits per heavy atom. The third-order valence-electron chi connectivity index (χ3n) is 3.41. The maximum Gasteiger partial charge on any atom is 0.191 e. The molecule has 0 N–H and O–H groups in total. The predicted octanol–water partition coefficient (Wildman–Crippen LogP) is 4.21. The molecule has 0 amide bonds. The van der Waals surface area contributed by atoms with E-state index in [1.54, 1.807) is 18.9 Å². The number of methoxy groups -OCH3 is 1.